The van der Waals surface area contributed by atoms with Gasteiger partial charge in [-0.1, -0.05) is 12.1 Å². The molecule has 1 heterocycles. The molecular weight excluding hydrogens is 230 g/mol. The van der Waals surface area contributed by atoms with Crippen LogP contribution in [0.15, 0.2) is 9.52 Å². The first-order valence-corrected chi connectivity index (χ1v) is 6.57. The summed E-state index contributed by atoms with van der Waals surface area (Å²) in [7, 11) is 0. The molecule has 0 bridgehead atoms. The summed E-state index contributed by atoms with van der Waals surface area (Å²) in [6.45, 7) is 8.56. The topological polar surface area (TPSA) is 75.3 Å². The van der Waals surface area contributed by atoms with Crippen molar-refractivity contribution in [3.63, 3.8) is 0 Å². The highest BCUT2D eigenvalue weighted by molar-refractivity contribution is 5.79. The molecule has 0 unspecified atom stereocenters. The van der Waals surface area contributed by atoms with Crippen molar-refractivity contribution in [1.29, 1.82) is 0 Å². The highest BCUT2D eigenvalue weighted by Gasteiger charge is 2.02. The van der Waals surface area contributed by atoms with Gasteiger partial charge in [-0.25, -0.2) is 0 Å². The third-order valence-electron chi connectivity index (χ3n) is 2.27. The van der Waals surface area contributed by atoms with Gasteiger partial charge in [0.15, 0.2) is 11.8 Å². The van der Waals surface area contributed by atoms with Crippen molar-refractivity contribution < 1.29 is 4.52 Å². The average molecular weight is 253 g/mol. The number of hydrogen-bond donors (Lipinski definition) is 2. The van der Waals surface area contributed by atoms with Crippen LogP contribution in [0.4, 0.5) is 0 Å². The summed E-state index contributed by atoms with van der Waals surface area (Å²) in [4.78, 5) is 8.59. The third kappa shape index (κ3) is 5.65. The molecule has 0 spiro atoms. The summed E-state index contributed by atoms with van der Waals surface area (Å²) in [6, 6.07) is 0. The Kier molecular flexibility index (Phi) is 6.83. The number of aryl methyl sites for hydroxylation is 2. The fourth-order valence-corrected chi connectivity index (χ4v) is 1.45. The van der Waals surface area contributed by atoms with Gasteiger partial charge in [-0.15, -0.1) is 0 Å². The van der Waals surface area contributed by atoms with Crippen LogP contribution in [0.3, 0.4) is 0 Å². The van der Waals surface area contributed by atoms with E-state index in [0.717, 1.165) is 44.9 Å². The highest BCUT2D eigenvalue weighted by Crippen LogP contribution is 1.98. The Morgan fingerprint density at radius 2 is 2.17 bits per heavy atom. The van der Waals surface area contributed by atoms with Gasteiger partial charge in [0.05, 0.1) is 0 Å². The molecule has 0 radical (unpaired) electrons. The molecule has 0 amide bonds. The minimum absolute atomic E-state index is 0.691. The molecule has 6 heteroatoms. The molecule has 18 heavy (non-hydrogen) atoms. The Hall–Kier alpha value is -1.59. The molecule has 0 aliphatic carbocycles. The second-order valence-electron chi connectivity index (χ2n) is 4.03. The molecule has 102 valence electrons. The molecule has 0 fully saturated rings. The van der Waals surface area contributed by atoms with Crippen LogP contribution in [-0.2, 0) is 6.42 Å². The fourth-order valence-electron chi connectivity index (χ4n) is 1.45. The number of rotatable bonds is 7. The third-order valence-corrected chi connectivity index (χ3v) is 2.27. The summed E-state index contributed by atoms with van der Waals surface area (Å²) in [5.74, 6) is 2.27. The zero-order valence-corrected chi connectivity index (χ0v) is 11.5. The molecule has 6 nitrogen and oxygen atoms in total. The quantitative estimate of drug-likeness (QED) is 0.435. The van der Waals surface area contributed by atoms with Crippen molar-refractivity contribution >= 4 is 5.96 Å². The fraction of sp³-hybridized carbons (Fsp3) is 0.750. The van der Waals surface area contributed by atoms with E-state index in [0.29, 0.717) is 11.7 Å². The van der Waals surface area contributed by atoms with Gasteiger partial charge < -0.3 is 15.2 Å². The van der Waals surface area contributed by atoms with Crippen LogP contribution in [0, 0.1) is 6.92 Å². The zero-order valence-electron chi connectivity index (χ0n) is 11.5. The number of nitrogens with one attached hydrogen (secondary N) is 2. The predicted molar refractivity (Wildman–Crippen MR) is 71.6 cm³/mol. The monoisotopic (exact) mass is 253 g/mol. The Balaban J connectivity index is 2.22. The Bertz CT molecular complexity index is 361. The van der Waals surface area contributed by atoms with Crippen LogP contribution >= 0.6 is 0 Å². The van der Waals surface area contributed by atoms with Crippen LogP contribution in [0.1, 0.15) is 38.4 Å². The smallest absolute Gasteiger partial charge is 0.226 e. The van der Waals surface area contributed by atoms with Crippen molar-refractivity contribution in [3.8, 4) is 0 Å². The maximum atomic E-state index is 5.05. The molecule has 0 aliphatic heterocycles. The first-order valence-electron chi connectivity index (χ1n) is 6.57. The lowest BCUT2D eigenvalue weighted by Gasteiger charge is -2.10. The molecule has 2 N–H and O–H groups in total. The van der Waals surface area contributed by atoms with Crippen molar-refractivity contribution in [2.24, 2.45) is 4.99 Å². The largest absolute Gasteiger partial charge is 0.357 e. The summed E-state index contributed by atoms with van der Waals surface area (Å²) < 4.78 is 5.05. The molecule has 0 atom stereocenters. The van der Waals surface area contributed by atoms with Crippen molar-refractivity contribution in [1.82, 2.24) is 20.8 Å². The summed E-state index contributed by atoms with van der Waals surface area (Å²) >= 11 is 0. The average Bonchev–Trinajstić information content (AvgIpc) is 2.77. The molecule has 1 rings (SSSR count). The van der Waals surface area contributed by atoms with E-state index in [1.807, 2.05) is 6.92 Å². The standard InChI is InChI=1S/C12H23N5O/c1-4-8-14-12(13-5-2)15-9-6-7-11-16-10(3)17-18-11/h4-9H2,1-3H3,(H2,13,14,15). The van der Waals surface area contributed by atoms with E-state index in [-0.39, 0.29) is 0 Å². The molecular formula is C12H23N5O. The zero-order chi connectivity index (χ0) is 13.2. The van der Waals surface area contributed by atoms with Gasteiger partial charge in [0.2, 0.25) is 5.89 Å². The van der Waals surface area contributed by atoms with E-state index >= 15 is 0 Å². The number of guanidine groups is 1. The minimum atomic E-state index is 0.691. The Morgan fingerprint density at radius 1 is 1.33 bits per heavy atom. The van der Waals surface area contributed by atoms with Crippen LogP contribution in [-0.4, -0.2) is 35.7 Å². The Labute approximate surface area is 108 Å². The minimum Gasteiger partial charge on any atom is -0.357 e. The van der Waals surface area contributed by atoms with Crippen molar-refractivity contribution in [2.45, 2.75) is 40.0 Å². The maximum absolute atomic E-state index is 5.05. The van der Waals surface area contributed by atoms with Crippen LogP contribution < -0.4 is 10.6 Å². The second kappa shape index (κ2) is 8.49. The lowest BCUT2D eigenvalue weighted by molar-refractivity contribution is 0.372. The molecule has 0 aromatic carbocycles. The Morgan fingerprint density at radius 3 is 2.78 bits per heavy atom. The summed E-state index contributed by atoms with van der Waals surface area (Å²) in [5.41, 5.74) is 0. The van der Waals surface area contributed by atoms with Gasteiger partial charge in [-0.2, -0.15) is 4.98 Å². The number of hydrogen-bond acceptors (Lipinski definition) is 4. The first kappa shape index (κ1) is 14.5. The SMILES string of the molecule is CCCN=C(NCC)NCCCc1nc(C)no1. The maximum Gasteiger partial charge on any atom is 0.226 e. The lowest BCUT2D eigenvalue weighted by atomic mass is 10.3. The molecule has 1 aromatic heterocycles. The van der Waals surface area contributed by atoms with E-state index in [1.165, 1.54) is 0 Å². The van der Waals surface area contributed by atoms with Crippen LogP contribution in [0.5, 0.6) is 0 Å². The molecule has 0 aliphatic rings. The predicted octanol–water partition coefficient (Wildman–Crippen LogP) is 1.28. The van der Waals surface area contributed by atoms with E-state index in [9.17, 15) is 0 Å². The summed E-state index contributed by atoms with van der Waals surface area (Å²) in [5, 5.41) is 10.2. The highest BCUT2D eigenvalue weighted by atomic mass is 16.5. The van der Waals surface area contributed by atoms with Gasteiger partial charge in [-0.05, 0) is 26.7 Å². The normalized spacial score (nSPS) is 11.6. The lowest BCUT2D eigenvalue weighted by Crippen LogP contribution is -2.38. The van der Waals surface area contributed by atoms with Crippen molar-refractivity contribution in [2.75, 3.05) is 19.6 Å². The van der Waals surface area contributed by atoms with E-state index < -0.39 is 0 Å². The summed E-state index contributed by atoms with van der Waals surface area (Å²) in [6.07, 6.45) is 2.79. The van der Waals surface area contributed by atoms with E-state index in [1.54, 1.807) is 0 Å². The van der Waals surface area contributed by atoms with E-state index in [4.69, 9.17) is 4.52 Å². The van der Waals surface area contributed by atoms with Crippen LogP contribution in [0.2, 0.25) is 0 Å². The van der Waals surface area contributed by atoms with Gasteiger partial charge in [0, 0.05) is 26.1 Å². The van der Waals surface area contributed by atoms with Gasteiger partial charge in [0.25, 0.3) is 0 Å². The molecule has 0 saturated carbocycles. The molecule has 0 saturated heterocycles. The first-order chi connectivity index (χ1) is 8.76. The number of aliphatic imine (C=N–C) groups is 1. The number of aromatic nitrogens is 2. The van der Waals surface area contributed by atoms with Crippen LogP contribution in [0.25, 0.3) is 0 Å². The second-order valence-corrected chi connectivity index (χ2v) is 4.03. The number of nitrogens with zero attached hydrogens (tertiary/aromatic N) is 3. The van der Waals surface area contributed by atoms with Gasteiger partial charge >= 0.3 is 0 Å². The van der Waals surface area contributed by atoms with Crippen molar-refractivity contribution in [3.05, 3.63) is 11.7 Å². The molecule has 1 aromatic rings. The van der Waals surface area contributed by atoms with E-state index in [2.05, 4.69) is 39.6 Å². The van der Waals surface area contributed by atoms with Gasteiger partial charge in [0.1, 0.15) is 0 Å². The van der Waals surface area contributed by atoms with Gasteiger partial charge in [-0.3, -0.25) is 4.99 Å².